The minimum atomic E-state index is -6.52. The molecule has 0 aliphatic heterocycles. The van der Waals surface area contributed by atoms with Crippen LogP contribution in [0.3, 0.4) is 0 Å². The first-order chi connectivity index (χ1) is 6.39. The van der Waals surface area contributed by atoms with Gasteiger partial charge in [0.25, 0.3) is 0 Å². The van der Waals surface area contributed by atoms with Gasteiger partial charge >= 0.3 is 35.3 Å². The zero-order valence-electron chi connectivity index (χ0n) is 6.30. The molecular formula is C3H3F6LiO4S2. The molecule has 0 saturated heterocycles. The molecule has 0 bridgehead atoms. The van der Waals surface area contributed by atoms with E-state index in [0.29, 0.717) is 0 Å². The molecule has 0 rings (SSSR count). The van der Waals surface area contributed by atoms with Gasteiger partial charge in [0.05, 0.1) is 0 Å². The van der Waals surface area contributed by atoms with Crippen LogP contribution in [0.2, 0.25) is 0 Å². The molecule has 0 aromatic heterocycles. The van der Waals surface area contributed by atoms with Crippen LogP contribution < -0.4 is 0 Å². The van der Waals surface area contributed by atoms with E-state index in [-0.39, 0.29) is 18.9 Å². The van der Waals surface area contributed by atoms with Crippen LogP contribution in [0.1, 0.15) is 0 Å². The van der Waals surface area contributed by atoms with Crippen LogP contribution in [0.15, 0.2) is 0 Å². The van der Waals surface area contributed by atoms with Gasteiger partial charge in [-0.3, -0.25) is 0 Å². The summed E-state index contributed by atoms with van der Waals surface area (Å²) in [5.74, 6) is -6.52. The number of alkyl halides is 6. The van der Waals surface area contributed by atoms with E-state index in [9.17, 15) is 43.2 Å². The Hall–Kier alpha value is 0.0774. The van der Waals surface area contributed by atoms with Crippen molar-refractivity contribution in [3.63, 3.8) is 0 Å². The fourth-order valence-corrected chi connectivity index (χ4v) is 1.24. The van der Waals surface area contributed by atoms with Crippen LogP contribution in [0.25, 0.3) is 0 Å². The summed E-state index contributed by atoms with van der Waals surface area (Å²) >= 11 is 0. The molecule has 13 heteroatoms. The quantitative estimate of drug-likeness (QED) is 0.411. The van der Waals surface area contributed by atoms with Crippen molar-refractivity contribution >= 4 is 40.3 Å². The van der Waals surface area contributed by atoms with Crippen LogP contribution in [-0.2, 0) is 21.4 Å². The van der Waals surface area contributed by atoms with Gasteiger partial charge in [-0.2, -0.15) is 26.3 Å². The number of rotatable bonds is 4. The average Bonchev–Trinajstić information content (AvgIpc) is 2.02. The van der Waals surface area contributed by atoms with Gasteiger partial charge in [0.2, 0.25) is 21.4 Å². The van der Waals surface area contributed by atoms with Crippen LogP contribution in [0.5, 0.6) is 0 Å². The molecule has 0 spiro atoms. The normalized spacial score (nSPS) is 14.0. The summed E-state index contributed by atoms with van der Waals surface area (Å²) in [7, 11) is -10.5. The summed E-state index contributed by atoms with van der Waals surface area (Å²) in [6.45, 7) is 0. The van der Waals surface area contributed by atoms with E-state index in [1.165, 1.54) is 0 Å². The Morgan fingerprint density at radius 3 is 0.938 bits per heavy atom. The molecule has 0 heterocycles. The first-order valence-corrected chi connectivity index (χ1v) is 5.17. The van der Waals surface area contributed by atoms with Crippen LogP contribution in [-0.4, -0.2) is 52.1 Å². The Morgan fingerprint density at radius 2 is 0.812 bits per heavy atom. The molecule has 0 atom stereocenters. The van der Waals surface area contributed by atoms with Gasteiger partial charge < -0.3 is 0 Å². The van der Waals surface area contributed by atoms with Crippen molar-refractivity contribution in [2.45, 2.75) is 16.4 Å². The van der Waals surface area contributed by atoms with Gasteiger partial charge in [0, 0.05) is 0 Å². The van der Waals surface area contributed by atoms with Crippen LogP contribution in [0, 0.1) is 0 Å². The maximum atomic E-state index is 12.2. The second kappa shape index (κ2) is 5.15. The predicted molar refractivity (Wildman–Crippen MR) is 42.6 cm³/mol. The molecule has 0 aromatic carbocycles. The summed E-state index contributed by atoms with van der Waals surface area (Å²) in [5.41, 5.74) is 0. The fraction of sp³-hybridized carbons (Fsp3) is 1.00. The van der Waals surface area contributed by atoms with Crippen LogP contribution in [0.4, 0.5) is 26.3 Å². The zero-order valence-corrected chi connectivity index (χ0v) is 8.08. The van der Waals surface area contributed by atoms with Gasteiger partial charge in [-0.1, -0.05) is 0 Å². The van der Waals surface area contributed by atoms with Crippen LogP contribution >= 0.6 is 0 Å². The molecule has 0 unspecified atom stereocenters. The number of hydrogen-bond donors (Lipinski definition) is 2. The van der Waals surface area contributed by atoms with Gasteiger partial charge in [-0.25, -0.2) is 16.8 Å². The Kier molecular flexibility index (Phi) is 5.94. The number of hydrogen-bond acceptors (Lipinski definition) is 4. The molecule has 0 amide bonds. The molecule has 0 radical (unpaired) electrons. The fourth-order valence-electron chi connectivity index (χ4n) is 0.410. The molecule has 0 aliphatic carbocycles. The summed E-state index contributed by atoms with van der Waals surface area (Å²) < 4.78 is 111. The predicted octanol–water partition coefficient (Wildman–Crippen LogP) is -0.618. The molecule has 0 aliphatic rings. The Bertz CT molecular complexity index is 349. The van der Waals surface area contributed by atoms with Gasteiger partial charge in [0.1, 0.15) is 0 Å². The summed E-state index contributed by atoms with van der Waals surface area (Å²) in [4.78, 5) is 0. The van der Waals surface area contributed by atoms with E-state index >= 15 is 0 Å². The molecule has 94 valence electrons. The first-order valence-electron chi connectivity index (χ1n) is 2.81. The standard InChI is InChI=1S/C3H2F6O4S2.Li.H/c4-1(5,2(6,7)14(10)11)3(8,9)15(12)13;;/h14-15H;;. The van der Waals surface area contributed by atoms with Crippen molar-refractivity contribution in [3.05, 3.63) is 0 Å². The van der Waals surface area contributed by atoms with E-state index in [1.807, 2.05) is 0 Å². The van der Waals surface area contributed by atoms with Gasteiger partial charge in [0.15, 0.2) is 0 Å². The SMILES string of the molecule is O=[SH](=O)C(F)(F)C(F)(F)C(F)(F)[SH](=O)=O.[LiH]. The number of halogens is 6. The van der Waals surface area contributed by atoms with Crippen molar-refractivity contribution in [3.8, 4) is 0 Å². The third-order valence-electron chi connectivity index (χ3n) is 1.21. The first kappa shape index (κ1) is 18.4. The molecule has 0 saturated carbocycles. The van der Waals surface area contributed by atoms with Crippen molar-refractivity contribution in [2.24, 2.45) is 0 Å². The van der Waals surface area contributed by atoms with Crippen molar-refractivity contribution in [1.29, 1.82) is 0 Å². The third-order valence-corrected chi connectivity index (χ3v) is 2.69. The van der Waals surface area contributed by atoms with E-state index < -0.39 is 37.8 Å². The van der Waals surface area contributed by atoms with E-state index in [1.54, 1.807) is 0 Å². The molecule has 4 nitrogen and oxygen atoms in total. The topological polar surface area (TPSA) is 68.3 Å². The Morgan fingerprint density at radius 1 is 0.625 bits per heavy atom. The Balaban J connectivity index is 0. The molecule has 0 fully saturated rings. The van der Waals surface area contributed by atoms with Crippen molar-refractivity contribution < 1.29 is 43.2 Å². The molecule has 0 aromatic rings. The molecule has 0 N–H and O–H groups in total. The monoisotopic (exact) mass is 288 g/mol. The molecule has 16 heavy (non-hydrogen) atoms. The van der Waals surface area contributed by atoms with E-state index in [0.717, 1.165) is 0 Å². The zero-order chi connectivity index (χ0) is 12.7. The van der Waals surface area contributed by atoms with Gasteiger partial charge in [-0.15, -0.1) is 0 Å². The Labute approximate surface area is 100 Å². The molecular weight excluding hydrogens is 285 g/mol. The average molecular weight is 288 g/mol. The van der Waals surface area contributed by atoms with E-state index in [4.69, 9.17) is 0 Å². The van der Waals surface area contributed by atoms with E-state index in [2.05, 4.69) is 0 Å². The van der Waals surface area contributed by atoms with Gasteiger partial charge in [-0.05, 0) is 0 Å². The summed E-state index contributed by atoms with van der Waals surface area (Å²) in [6, 6.07) is 0. The van der Waals surface area contributed by atoms with Crippen molar-refractivity contribution in [2.75, 3.05) is 0 Å². The third kappa shape index (κ3) is 2.66. The second-order valence-corrected chi connectivity index (χ2v) is 4.32. The minimum absolute atomic E-state index is 0. The maximum absolute atomic E-state index is 12.2. The van der Waals surface area contributed by atoms with Crippen molar-refractivity contribution in [1.82, 2.24) is 0 Å². The number of thiol groups is 2. The summed E-state index contributed by atoms with van der Waals surface area (Å²) in [5, 5.41) is -12.3. The second-order valence-electron chi connectivity index (χ2n) is 2.17. The summed E-state index contributed by atoms with van der Waals surface area (Å²) in [6.07, 6.45) is 0.